The van der Waals surface area contributed by atoms with Crippen LogP contribution in [-0.4, -0.2) is 42.1 Å². The molecule has 17 heavy (non-hydrogen) atoms. The zero-order valence-corrected chi connectivity index (χ0v) is 11.2. The molecule has 0 aromatic rings. The van der Waals surface area contributed by atoms with E-state index in [9.17, 15) is 4.79 Å². The number of rotatable bonds is 3. The van der Waals surface area contributed by atoms with Crippen molar-refractivity contribution in [2.45, 2.75) is 57.3 Å². The van der Waals surface area contributed by atoms with Gasteiger partial charge < -0.3 is 15.4 Å². The molecule has 2 saturated heterocycles. The predicted molar refractivity (Wildman–Crippen MR) is 69.2 cm³/mol. The summed E-state index contributed by atoms with van der Waals surface area (Å²) in [5.74, 6) is 0.246. The largest absolute Gasteiger partial charge is 0.375 e. The number of likely N-dealkylation sites (tertiary alicyclic amines) is 1. The summed E-state index contributed by atoms with van der Waals surface area (Å²) >= 11 is 0. The van der Waals surface area contributed by atoms with Gasteiger partial charge in [-0.05, 0) is 32.6 Å². The molecule has 2 fully saturated rings. The highest BCUT2D eigenvalue weighted by Gasteiger charge is 2.26. The van der Waals surface area contributed by atoms with Crippen LogP contribution in [0.2, 0.25) is 0 Å². The highest BCUT2D eigenvalue weighted by atomic mass is 35.5. The maximum Gasteiger partial charge on any atom is 0.222 e. The number of ether oxygens (including phenoxy) is 1. The Morgan fingerprint density at radius 3 is 2.71 bits per heavy atom. The summed E-state index contributed by atoms with van der Waals surface area (Å²) in [4.78, 5) is 13.7. The lowest BCUT2D eigenvalue weighted by molar-refractivity contribution is -0.130. The lowest BCUT2D eigenvalue weighted by Crippen LogP contribution is -2.32. The topological polar surface area (TPSA) is 55.6 Å². The standard InChI is InChI=1S/C12H22N2O2.ClH/c1-9-2-3-11(16-9)4-5-12(15)14-7-6-10(13)8-14;/h9-11H,2-8,13H2,1H3;1H/t9?,10-,11?;/m1./s1. The summed E-state index contributed by atoms with van der Waals surface area (Å²) in [6.45, 7) is 3.67. The summed E-state index contributed by atoms with van der Waals surface area (Å²) in [5, 5.41) is 0. The number of carbonyl (C=O) groups excluding carboxylic acids is 1. The maximum absolute atomic E-state index is 11.8. The fourth-order valence-corrected chi connectivity index (χ4v) is 2.55. The normalized spacial score (nSPS) is 32.6. The molecule has 0 saturated carbocycles. The van der Waals surface area contributed by atoms with Crippen LogP contribution in [0.5, 0.6) is 0 Å². The van der Waals surface area contributed by atoms with E-state index in [1.165, 1.54) is 0 Å². The van der Waals surface area contributed by atoms with Gasteiger partial charge in [-0.25, -0.2) is 0 Å². The van der Waals surface area contributed by atoms with Crippen molar-refractivity contribution < 1.29 is 9.53 Å². The van der Waals surface area contributed by atoms with Crippen LogP contribution in [-0.2, 0) is 9.53 Å². The number of nitrogens with zero attached hydrogens (tertiary/aromatic N) is 1. The monoisotopic (exact) mass is 262 g/mol. The maximum atomic E-state index is 11.8. The van der Waals surface area contributed by atoms with E-state index in [2.05, 4.69) is 6.92 Å². The number of halogens is 1. The van der Waals surface area contributed by atoms with Crippen LogP contribution >= 0.6 is 12.4 Å². The van der Waals surface area contributed by atoms with Gasteiger partial charge in [0.1, 0.15) is 0 Å². The molecular formula is C12H23ClN2O2. The van der Waals surface area contributed by atoms with Crippen LogP contribution in [0.25, 0.3) is 0 Å². The van der Waals surface area contributed by atoms with Crippen LogP contribution in [0, 0.1) is 0 Å². The SMILES string of the molecule is CC1CCC(CCC(=O)N2CC[C@@H](N)C2)O1.Cl. The Bertz CT molecular complexity index is 263. The average molecular weight is 263 g/mol. The number of hydrogen-bond donors (Lipinski definition) is 1. The Morgan fingerprint density at radius 2 is 2.18 bits per heavy atom. The number of carbonyl (C=O) groups is 1. The van der Waals surface area contributed by atoms with Gasteiger partial charge in [0.2, 0.25) is 5.91 Å². The van der Waals surface area contributed by atoms with Crippen molar-refractivity contribution in [1.29, 1.82) is 0 Å². The van der Waals surface area contributed by atoms with Gasteiger partial charge in [-0.15, -0.1) is 12.4 Å². The Hall–Kier alpha value is -0.320. The minimum Gasteiger partial charge on any atom is -0.375 e. The average Bonchev–Trinajstić information content (AvgIpc) is 2.84. The molecule has 100 valence electrons. The van der Waals surface area contributed by atoms with Crippen LogP contribution in [0.3, 0.4) is 0 Å². The van der Waals surface area contributed by atoms with Gasteiger partial charge in [-0.3, -0.25) is 4.79 Å². The van der Waals surface area contributed by atoms with Crippen LogP contribution in [0.15, 0.2) is 0 Å². The summed E-state index contributed by atoms with van der Waals surface area (Å²) in [7, 11) is 0. The predicted octanol–water partition coefficient (Wildman–Crippen LogP) is 1.32. The van der Waals surface area contributed by atoms with Crippen molar-refractivity contribution in [3.05, 3.63) is 0 Å². The van der Waals surface area contributed by atoms with E-state index in [0.717, 1.165) is 38.8 Å². The highest BCUT2D eigenvalue weighted by Crippen LogP contribution is 2.23. The van der Waals surface area contributed by atoms with Gasteiger partial charge in [0.05, 0.1) is 12.2 Å². The lowest BCUT2D eigenvalue weighted by Gasteiger charge is -2.17. The first kappa shape index (κ1) is 14.7. The van der Waals surface area contributed by atoms with E-state index < -0.39 is 0 Å². The van der Waals surface area contributed by atoms with Crippen LogP contribution in [0.1, 0.15) is 39.0 Å². The van der Waals surface area contributed by atoms with Crippen molar-refractivity contribution in [3.8, 4) is 0 Å². The van der Waals surface area contributed by atoms with E-state index in [1.54, 1.807) is 0 Å². The minimum atomic E-state index is 0. The molecule has 0 spiro atoms. The molecule has 0 aromatic heterocycles. The molecule has 0 bridgehead atoms. The van der Waals surface area contributed by atoms with E-state index >= 15 is 0 Å². The number of nitrogens with two attached hydrogens (primary N) is 1. The van der Waals surface area contributed by atoms with Crippen molar-refractivity contribution in [3.63, 3.8) is 0 Å². The molecule has 2 aliphatic heterocycles. The first-order chi connectivity index (χ1) is 7.65. The Kier molecular flexibility index (Phi) is 5.70. The third kappa shape index (κ3) is 4.12. The molecule has 0 radical (unpaired) electrons. The molecule has 0 aliphatic carbocycles. The first-order valence-electron chi connectivity index (χ1n) is 6.34. The fraction of sp³-hybridized carbons (Fsp3) is 0.917. The zero-order chi connectivity index (χ0) is 11.5. The molecule has 5 heteroatoms. The van der Waals surface area contributed by atoms with Crippen LogP contribution in [0.4, 0.5) is 0 Å². The Balaban J connectivity index is 0.00000144. The van der Waals surface area contributed by atoms with E-state index in [0.29, 0.717) is 18.6 Å². The molecule has 1 amide bonds. The number of amides is 1. The molecule has 2 rings (SSSR count). The fourth-order valence-electron chi connectivity index (χ4n) is 2.55. The summed E-state index contributed by atoms with van der Waals surface area (Å²) in [5.41, 5.74) is 5.78. The summed E-state index contributed by atoms with van der Waals surface area (Å²) in [6.07, 6.45) is 5.35. The molecule has 2 unspecified atom stereocenters. The van der Waals surface area contributed by atoms with E-state index in [-0.39, 0.29) is 24.4 Å². The van der Waals surface area contributed by atoms with E-state index in [4.69, 9.17) is 10.5 Å². The first-order valence-corrected chi connectivity index (χ1v) is 6.34. The molecule has 3 atom stereocenters. The van der Waals surface area contributed by atoms with Crippen molar-refractivity contribution in [2.24, 2.45) is 5.73 Å². The Morgan fingerprint density at radius 1 is 1.41 bits per heavy atom. The second-order valence-corrected chi connectivity index (χ2v) is 5.07. The van der Waals surface area contributed by atoms with Crippen molar-refractivity contribution >= 4 is 18.3 Å². The summed E-state index contributed by atoms with van der Waals surface area (Å²) in [6, 6.07) is 0.187. The number of hydrogen-bond acceptors (Lipinski definition) is 3. The smallest absolute Gasteiger partial charge is 0.222 e. The van der Waals surface area contributed by atoms with Crippen molar-refractivity contribution in [2.75, 3.05) is 13.1 Å². The van der Waals surface area contributed by atoms with Crippen molar-refractivity contribution in [1.82, 2.24) is 4.90 Å². The zero-order valence-electron chi connectivity index (χ0n) is 10.4. The summed E-state index contributed by atoms with van der Waals surface area (Å²) < 4.78 is 5.70. The van der Waals surface area contributed by atoms with Gasteiger partial charge >= 0.3 is 0 Å². The Labute approximate surface area is 109 Å². The van der Waals surface area contributed by atoms with Gasteiger partial charge in [0, 0.05) is 25.6 Å². The molecule has 2 heterocycles. The van der Waals surface area contributed by atoms with E-state index in [1.807, 2.05) is 4.90 Å². The minimum absolute atomic E-state index is 0. The van der Waals surface area contributed by atoms with Crippen LogP contribution < -0.4 is 5.73 Å². The molecule has 2 N–H and O–H groups in total. The quantitative estimate of drug-likeness (QED) is 0.835. The van der Waals surface area contributed by atoms with Gasteiger partial charge in [-0.2, -0.15) is 0 Å². The second kappa shape index (κ2) is 6.57. The van der Waals surface area contributed by atoms with Gasteiger partial charge in [0.15, 0.2) is 0 Å². The molecule has 4 nitrogen and oxygen atoms in total. The lowest BCUT2D eigenvalue weighted by atomic mass is 10.1. The molecule has 2 aliphatic rings. The third-order valence-corrected chi connectivity index (χ3v) is 3.58. The second-order valence-electron chi connectivity index (χ2n) is 5.07. The molecular weight excluding hydrogens is 240 g/mol. The highest BCUT2D eigenvalue weighted by molar-refractivity contribution is 5.85. The molecule has 0 aromatic carbocycles. The third-order valence-electron chi connectivity index (χ3n) is 3.58. The van der Waals surface area contributed by atoms with Gasteiger partial charge in [-0.1, -0.05) is 0 Å². The van der Waals surface area contributed by atoms with Gasteiger partial charge in [0.25, 0.3) is 0 Å².